The molecule has 174 valence electrons. The smallest absolute Gasteiger partial charge is 0.234 e. The molecule has 0 saturated heterocycles. The second-order valence-corrected chi connectivity index (χ2v) is 10.6. The minimum Gasteiger partial charge on any atom is -0.324 e. The molecule has 4 rings (SSSR count). The molecule has 1 N–H and O–H groups in total. The van der Waals surface area contributed by atoms with Gasteiger partial charge in [0.2, 0.25) is 5.91 Å². The highest BCUT2D eigenvalue weighted by Crippen LogP contribution is 2.33. The minimum absolute atomic E-state index is 0.0626. The first-order chi connectivity index (χ1) is 16.6. The highest BCUT2D eigenvalue weighted by molar-refractivity contribution is 8.00. The molecule has 0 bridgehead atoms. The number of nitrogens with one attached hydrogen (secondary N) is 1. The van der Waals surface area contributed by atoms with Gasteiger partial charge in [0.15, 0.2) is 5.16 Å². The number of benzene rings is 3. The van der Waals surface area contributed by atoms with Crippen molar-refractivity contribution in [1.29, 1.82) is 0 Å². The quantitative estimate of drug-likeness (QED) is 0.239. The summed E-state index contributed by atoms with van der Waals surface area (Å²) in [5.74, 6) is 1.86. The van der Waals surface area contributed by atoms with Gasteiger partial charge >= 0.3 is 0 Å². The predicted octanol–water partition coefficient (Wildman–Crippen LogP) is 6.78. The molecule has 34 heavy (non-hydrogen) atoms. The first kappa shape index (κ1) is 24.4. The number of rotatable bonds is 10. The highest BCUT2D eigenvalue weighted by Gasteiger charge is 2.14. The van der Waals surface area contributed by atoms with Gasteiger partial charge in [-0.2, -0.15) is 0 Å². The largest absolute Gasteiger partial charge is 0.324 e. The summed E-state index contributed by atoms with van der Waals surface area (Å²) in [5.41, 5.74) is 2.06. The predicted molar refractivity (Wildman–Crippen MR) is 143 cm³/mol. The van der Waals surface area contributed by atoms with Crippen LogP contribution in [0.15, 0.2) is 98.7 Å². The average Bonchev–Trinajstić information content (AvgIpc) is 3.26. The monoisotopic (exact) mass is 506 g/mol. The van der Waals surface area contributed by atoms with Crippen molar-refractivity contribution in [3.8, 4) is 0 Å². The molecule has 0 atom stereocenters. The molecule has 0 fully saturated rings. The van der Waals surface area contributed by atoms with Crippen molar-refractivity contribution in [1.82, 2.24) is 14.8 Å². The molecule has 1 amide bonds. The van der Waals surface area contributed by atoms with Crippen molar-refractivity contribution in [3.63, 3.8) is 0 Å². The van der Waals surface area contributed by atoms with E-state index >= 15 is 0 Å². The highest BCUT2D eigenvalue weighted by atomic mass is 32.2. The third-order valence-corrected chi connectivity index (χ3v) is 8.02. The fourth-order valence-corrected chi connectivity index (χ4v) is 5.81. The second-order valence-electron chi connectivity index (χ2n) is 7.49. The molecule has 0 spiro atoms. The lowest BCUT2D eigenvalue weighted by atomic mass is 10.2. The van der Waals surface area contributed by atoms with Gasteiger partial charge < -0.3 is 9.88 Å². The van der Waals surface area contributed by atoms with Crippen molar-refractivity contribution in [3.05, 3.63) is 90.3 Å². The van der Waals surface area contributed by atoms with Crippen LogP contribution in [0.3, 0.4) is 0 Å². The molecule has 4 aromatic rings. The Morgan fingerprint density at radius 2 is 1.62 bits per heavy atom. The normalized spacial score (nSPS) is 10.9. The Balaban J connectivity index is 1.35. The Morgan fingerprint density at radius 1 is 0.882 bits per heavy atom. The Bertz CT molecular complexity index is 1230. The minimum atomic E-state index is -0.0626. The topological polar surface area (TPSA) is 59.8 Å². The summed E-state index contributed by atoms with van der Waals surface area (Å²) in [6.45, 7) is 4.92. The van der Waals surface area contributed by atoms with E-state index < -0.39 is 0 Å². The third-order valence-electron chi connectivity index (χ3n) is 4.96. The molecule has 1 heterocycles. The summed E-state index contributed by atoms with van der Waals surface area (Å²) < 4.78 is 2.08. The van der Waals surface area contributed by atoms with Gasteiger partial charge in [-0.15, -0.1) is 22.0 Å². The maximum absolute atomic E-state index is 12.7. The average molecular weight is 507 g/mol. The van der Waals surface area contributed by atoms with Gasteiger partial charge in [-0.1, -0.05) is 71.6 Å². The molecule has 0 aliphatic carbocycles. The molecule has 0 unspecified atom stereocenters. The molecule has 5 nitrogen and oxygen atoms in total. The standard InChI is InChI=1S/C26H26N4OS3/c1-3-30-24(17-32-20-15-13-19(2)14-16-20)28-29-26(30)33-18-25(31)27-22-11-7-8-12-23(22)34-21-9-5-4-6-10-21/h4-16H,3,17-18H2,1-2H3,(H,27,31). The van der Waals surface area contributed by atoms with Gasteiger partial charge in [0.05, 0.1) is 17.2 Å². The maximum atomic E-state index is 12.7. The first-order valence-electron chi connectivity index (χ1n) is 11.0. The zero-order chi connectivity index (χ0) is 23.8. The van der Waals surface area contributed by atoms with E-state index in [4.69, 9.17) is 0 Å². The second kappa shape index (κ2) is 12.1. The number of aromatic nitrogens is 3. The number of nitrogens with zero attached hydrogens (tertiary/aromatic N) is 3. The Kier molecular flexibility index (Phi) is 8.73. The summed E-state index contributed by atoms with van der Waals surface area (Å²) in [4.78, 5) is 16.1. The van der Waals surface area contributed by atoms with Crippen LogP contribution in [0, 0.1) is 6.92 Å². The zero-order valence-corrected chi connectivity index (χ0v) is 21.6. The van der Waals surface area contributed by atoms with Gasteiger partial charge in [-0.05, 0) is 50.2 Å². The van der Waals surface area contributed by atoms with Crippen LogP contribution in [0.25, 0.3) is 0 Å². The van der Waals surface area contributed by atoms with Crippen LogP contribution in [-0.2, 0) is 17.1 Å². The summed E-state index contributed by atoms with van der Waals surface area (Å²) in [6.07, 6.45) is 0. The number of aryl methyl sites for hydroxylation is 1. The number of carbonyl (C=O) groups excluding carboxylic acids is 1. The molecule has 8 heteroatoms. The molecule has 0 radical (unpaired) electrons. The summed E-state index contributed by atoms with van der Waals surface area (Å²) in [6, 6.07) is 26.5. The Hall–Kier alpha value is -2.68. The first-order valence-corrected chi connectivity index (χ1v) is 13.8. The molecule has 0 saturated carbocycles. The fraction of sp³-hybridized carbons (Fsp3) is 0.192. The Labute approximate surface area is 213 Å². The number of thioether (sulfide) groups is 2. The molecular formula is C26H26N4OS3. The number of hydrogen-bond acceptors (Lipinski definition) is 6. The van der Waals surface area contributed by atoms with Crippen LogP contribution in [0.4, 0.5) is 5.69 Å². The number of anilines is 1. The summed E-state index contributed by atoms with van der Waals surface area (Å²) in [7, 11) is 0. The molecule has 3 aromatic carbocycles. The van der Waals surface area contributed by atoms with E-state index in [0.29, 0.717) is 0 Å². The zero-order valence-electron chi connectivity index (χ0n) is 19.1. The van der Waals surface area contributed by atoms with Gasteiger partial charge in [0, 0.05) is 21.2 Å². The van der Waals surface area contributed by atoms with E-state index in [9.17, 15) is 4.79 Å². The SMILES string of the molecule is CCn1c(CSc2ccc(C)cc2)nnc1SCC(=O)Nc1ccccc1Sc1ccccc1. The molecule has 1 aromatic heterocycles. The van der Waals surface area contributed by atoms with E-state index in [1.54, 1.807) is 23.5 Å². The molecule has 0 aliphatic heterocycles. The van der Waals surface area contributed by atoms with Crippen LogP contribution in [-0.4, -0.2) is 26.4 Å². The lowest BCUT2D eigenvalue weighted by molar-refractivity contribution is -0.113. The number of amides is 1. The van der Waals surface area contributed by atoms with Crippen molar-refractivity contribution in [2.75, 3.05) is 11.1 Å². The van der Waals surface area contributed by atoms with E-state index in [1.165, 1.54) is 22.2 Å². The van der Waals surface area contributed by atoms with Crippen LogP contribution >= 0.6 is 35.3 Å². The molecular weight excluding hydrogens is 481 g/mol. The number of carbonyl (C=O) groups is 1. The van der Waals surface area contributed by atoms with Crippen molar-refractivity contribution in [2.24, 2.45) is 0 Å². The van der Waals surface area contributed by atoms with Crippen LogP contribution in [0.5, 0.6) is 0 Å². The van der Waals surface area contributed by atoms with Gasteiger partial charge in [-0.25, -0.2) is 0 Å². The van der Waals surface area contributed by atoms with Gasteiger partial charge in [-0.3, -0.25) is 4.79 Å². The van der Waals surface area contributed by atoms with Gasteiger partial charge in [0.1, 0.15) is 5.82 Å². The van der Waals surface area contributed by atoms with E-state index in [2.05, 4.69) is 70.3 Å². The van der Waals surface area contributed by atoms with Crippen LogP contribution in [0.2, 0.25) is 0 Å². The van der Waals surface area contributed by atoms with Crippen LogP contribution in [0.1, 0.15) is 18.3 Å². The molecule has 0 aliphatic rings. The maximum Gasteiger partial charge on any atom is 0.234 e. The fourth-order valence-electron chi connectivity index (χ4n) is 3.22. The van der Waals surface area contributed by atoms with Gasteiger partial charge in [0.25, 0.3) is 0 Å². The van der Waals surface area contributed by atoms with Crippen molar-refractivity contribution in [2.45, 2.75) is 46.0 Å². The van der Waals surface area contributed by atoms with E-state index in [-0.39, 0.29) is 11.7 Å². The van der Waals surface area contributed by atoms with E-state index in [1.807, 2.05) is 42.5 Å². The number of hydrogen-bond donors (Lipinski definition) is 1. The van der Waals surface area contributed by atoms with Crippen molar-refractivity contribution >= 4 is 46.9 Å². The lowest BCUT2D eigenvalue weighted by Crippen LogP contribution is -2.15. The van der Waals surface area contributed by atoms with Crippen molar-refractivity contribution < 1.29 is 4.79 Å². The van der Waals surface area contributed by atoms with Crippen LogP contribution < -0.4 is 5.32 Å². The summed E-state index contributed by atoms with van der Waals surface area (Å²) >= 11 is 4.79. The lowest BCUT2D eigenvalue weighted by Gasteiger charge is -2.11. The Morgan fingerprint density at radius 3 is 2.38 bits per heavy atom. The summed E-state index contributed by atoms with van der Waals surface area (Å²) in [5, 5.41) is 12.5. The number of para-hydroxylation sites is 1. The third kappa shape index (κ3) is 6.68. The van der Waals surface area contributed by atoms with E-state index in [0.717, 1.165) is 38.8 Å².